The van der Waals surface area contributed by atoms with E-state index in [1.54, 1.807) is 38.3 Å². The number of anilines is 1. The molecule has 0 unspecified atom stereocenters. The second-order valence-electron chi connectivity index (χ2n) is 6.93. The SMILES string of the molecule is CSc1ccc2ncnc(N3CCc4c(cccc4S(=O)(=O)N(C)C)C3)c2c1. The lowest BCUT2D eigenvalue weighted by atomic mass is 9.99. The first kappa shape index (κ1) is 19.2. The fourth-order valence-electron chi connectivity index (χ4n) is 3.59. The lowest BCUT2D eigenvalue weighted by Crippen LogP contribution is -2.33. The van der Waals surface area contributed by atoms with Gasteiger partial charge in [0.05, 0.1) is 10.4 Å². The predicted octanol–water partition coefficient (Wildman–Crippen LogP) is 3.16. The Labute approximate surface area is 169 Å². The minimum Gasteiger partial charge on any atom is -0.351 e. The van der Waals surface area contributed by atoms with Gasteiger partial charge in [-0.25, -0.2) is 22.7 Å². The topological polar surface area (TPSA) is 66.4 Å². The van der Waals surface area contributed by atoms with Crippen molar-refractivity contribution in [3.05, 3.63) is 53.9 Å². The summed E-state index contributed by atoms with van der Waals surface area (Å²) < 4.78 is 26.7. The number of benzene rings is 2. The molecular weight excluding hydrogens is 392 g/mol. The van der Waals surface area contributed by atoms with Gasteiger partial charge in [0.2, 0.25) is 10.0 Å². The van der Waals surface area contributed by atoms with Crippen LogP contribution in [0.4, 0.5) is 5.82 Å². The highest BCUT2D eigenvalue weighted by Crippen LogP contribution is 2.32. The number of hydrogen-bond acceptors (Lipinski definition) is 6. The average molecular weight is 415 g/mol. The van der Waals surface area contributed by atoms with Crippen LogP contribution in [0.15, 0.2) is 52.5 Å². The van der Waals surface area contributed by atoms with Crippen LogP contribution in [0, 0.1) is 0 Å². The van der Waals surface area contributed by atoms with Crippen molar-refractivity contribution in [1.82, 2.24) is 14.3 Å². The number of nitrogens with zero attached hydrogens (tertiary/aromatic N) is 4. The Morgan fingerprint density at radius 1 is 1.14 bits per heavy atom. The molecule has 8 heteroatoms. The van der Waals surface area contributed by atoms with Crippen LogP contribution in [0.5, 0.6) is 0 Å². The van der Waals surface area contributed by atoms with E-state index in [1.165, 1.54) is 9.20 Å². The zero-order chi connectivity index (χ0) is 19.9. The highest BCUT2D eigenvalue weighted by Gasteiger charge is 2.27. The van der Waals surface area contributed by atoms with Gasteiger partial charge in [-0.05, 0) is 48.1 Å². The van der Waals surface area contributed by atoms with Gasteiger partial charge in [0.1, 0.15) is 12.1 Å². The van der Waals surface area contributed by atoms with E-state index in [9.17, 15) is 8.42 Å². The molecule has 0 saturated carbocycles. The Morgan fingerprint density at radius 3 is 2.71 bits per heavy atom. The molecular formula is C20H22N4O2S2. The molecule has 2 aromatic carbocycles. The average Bonchev–Trinajstić information content (AvgIpc) is 2.71. The van der Waals surface area contributed by atoms with Gasteiger partial charge >= 0.3 is 0 Å². The van der Waals surface area contributed by atoms with Crippen molar-refractivity contribution in [3.63, 3.8) is 0 Å². The Balaban J connectivity index is 1.76. The fourth-order valence-corrected chi connectivity index (χ4v) is 5.22. The molecule has 1 aliphatic rings. The molecule has 0 saturated heterocycles. The number of fused-ring (bicyclic) bond motifs is 2. The van der Waals surface area contributed by atoms with Crippen molar-refractivity contribution in [2.45, 2.75) is 22.8 Å². The van der Waals surface area contributed by atoms with Crippen LogP contribution in [-0.4, -0.2) is 49.6 Å². The van der Waals surface area contributed by atoms with Gasteiger partial charge < -0.3 is 4.90 Å². The number of rotatable bonds is 4. The molecule has 1 aromatic heterocycles. The Bertz CT molecular complexity index is 1150. The van der Waals surface area contributed by atoms with E-state index in [0.717, 1.165) is 27.8 Å². The van der Waals surface area contributed by atoms with E-state index in [1.807, 2.05) is 18.2 Å². The highest BCUT2D eigenvalue weighted by molar-refractivity contribution is 7.98. The van der Waals surface area contributed by atoms with Crippen molar-refractivity contribution in [2.24, 2.45) is 0 Å². The third-order valence-corrected chi connectivity index (χ3v) is 7.73. The van der Waals surface area contributed by atoms with E-state index in [-0.39, 0.29) is 0 Å². The largest absolute Gasteiger partial charge is 0.351 e. The van der Waals surface area contributed by atoms with E-state index >= 15 is 0 Å². The molecule has 0 atom stereocenters. The first-order valence-corrected chi connectivity index (χ1v) is 11.7. The molecule has 28 heavy (non-hydrogen) atoms. The minimum atomic E-state index is -3.46. The zero-order valence-corrected chi connectivity index (χ0v) is 17.7. The van der Waals surface area contributed by atoms with Crippen LogP contribution < -0.4 is 4.90 Å². The van der Waals surface area contributed by atoms with Crippen LogP contribution >= 0.6 is 11.8 Å². The monoisotopic (exact) mass is 414 g/mol. The van der Waals surface area contributed by atoms with Gasteiger partial charge in [0.25, 0.3) is 0 Å². The molecule has 3 aromatic rings. The lowest BCUT2D eigenvalue weighted by molar-refractivity contribution is 0.518. The van der Waals surface area contributed by atoms with Crippen molar-refractivity contribution in [3.8, 4) is 0 Å². The first-order chi connectivity index (χ1) is 13.4. The molecule has 0 bridgehead atoms. The van der Waals surface area contributed by atoms with Crippen molar-refractivity contribution >= 4 is 38.5 Å². The smallest absolute Gasteiger partial charge is 0.242 e. The van der Waals surface area contributed by atoms with E-state index < -0.39 is 10.0 Å². The van der Waals surface area contributed by atoms with Crippen LogP contribution in [0.2, 0.25) is 0 Å². The normalized spacial score (nSPS) is 14.5. The predicted molar refractivity (Wildman–Crippen MR) is 113 cm³/mol. The maximum Gasteiger partial charge on any atom is 0.242 e. The molecule has 0 radical (unpaired) electrons. The molecule has 146 valence electrons. The van der Waals surface area contributed by atoms with Crippen molar-refractivity contribution < 1.29 is 8.42 Å². The molecule has 2 heterocycles. The minimum absolute atomic E-state index is 0.409. The van der Waals surface area contributed by atoms with Gasteiger partial charge in [-0.2, -0.15) is 0 Å². The van der Waals surface area contributed by atoms with E-state index in [0.29, 0.717) is 24.4 Å². The molecule has 0 fully saturated rings. The van der Waals surface area contributed by atoms with Gasteiger partial charge in [0.15, 0.2) is 0 Å². The molecule has 4 rings (SSSR count). The second-order valence-corrected chi connectivity index (χ2v) is 9.93. The number of thioether (sulfide) groups is 1. The summed E-state index contributed by atoms with van der Waals surface area (Å²) in [5, 5.41) is 1.02. The van der Waals surface area contributed by atoms with Crippen LogP contribution in [-0.2, 0) is 23.0 Å². The maximum atomic E-state index is 12.7. The second kappa shape index (κ2) is 7.35. The quantitative estimate of drug-likeness (QED) is 0.611. The Hall–Kier alpha value is -2.16. The molecule has 0 N–H and O–H groups in total. The third-order valence-electron chi connectivity index (χ3n) is 5.10. The van der Waals surface area contributed by atoms with Gasteiger partial charge in [-0.15, -0.1) is 11.8 Å². The van der Waals surface area contributed by atoms with Crippen LogP contribution in [0.3, 0.4) is 0 Å². The van der Waals surface area contributed by atoms with Crippen LogP contribution in [0.1, 0.15) is 11.1 Å². The summed E-state index contributed by atoms with van der Waals surface area (Å²) >= 11 is 1.69. The highest BCUT2D eigenvalue weighted by atomic mass is 32.2. The van der Waals surface area contributed by atoms with E-state index in [4.69, 9.17) is 0 Å². The van der Waals surface area contributed by atoms with Gasteiger partial charge in [-0.3, -0.25) is 0 Å². The molecule has 1 aliphatic heterocycles. The molecule has 0 spiro atoms. The summed E-state index contributed by atoms with van der Waals surface area (Å²) in [6.07, 6.45) is 4.31. The number of hydrogen-bond donors (Lipinski definition) is 0. The standard InChI is InChI=1S/C20H22N4O2S2/c1-23(2)28(25,26)19-6-4-5-14-12-24(10-9-16(14)19)20-17-11-15(27-3)7-8-18(17)21-13-22-20/h4-8,11,13H,9-10,12H2,1-3H3. The summed E-state index contributed by atoms with van der Waals surface area (Å²) in [4.78, 5) is 12.7. The summed E-state index contributed by atoms with van der Waals surface area (Å²) in [6, 6.07) is 11.7. The van der Waals surface area contributed by atoms with Crippen LogP contribution in [0.25, 0.3) is 10.9 Å². The molecule has 0 amide bonds. The maximum absolute atomic E-state index is 12.7. The fraction of sp³-hybridized carbons (Fsp3) is 0.300. The first-order valence-electron chi connectivity index (χ1n) is 8.99. The summed E-state index contributed by atoms with van der Waals surface area (Å²) in [7, 11) is -0.318. The Kier molecular flexibility index (Phi) is 5.03. The summed E-state index contributed by atoms with van der Waals surface area (Å²) in [5.74, 6) is 0.896. The summed E-state index contributed by atoms with van der Waals surface area (Å²) in [5.41, 5.74) is 2.86. The lowest BCUT2D eigenvalue weighted by Gasteiger charge is -2.31. The van der Waals surface area contributed by atoms with Gasteiger partial charge in [-0.1, -0.05) is 12.1 Å². The van der Waals surface area contributed by atoms with Crippen molar-refractivity contribution in [1.29, 1.82) is 0 Å². The van der Waals surface area contributed by atoms with Crippen molar-refractivity contribution in [2.75, 3.05) is 31.8 Å². The molecule has 6 nitrogen and oxygen atoms in total. The van der Waals surface area contributed by atoms with E-state index in [2.05, 4.69) is 33.3 Å². The third kappa shape index (κ3) is 3.25. The summed E-state index contributed by atoms with van der Waals surface area (Å²) in [6.45, 7) is 1.34. The number of aromatic nitrogens is 2. The zero-order valence-electron chi connectivity index (χ0n) is 16.1. The number of sulfonamides is 1. The molecule has 0 aliphatic carbocycles. The Morgan fingerprint density at radius 2 is 1.96 bits per heavy atom. The van der Waals surface area contributed by atoms with Gasteiger partial charge in [0, 0.05) is 37.5 Å².